The Morgan fingerprint density at radius 3 is 2.76 bits per heavy atom. The molecule has 0 aromatic carbocycles. The Morgan fingerprint density at radius 2 is 2.19 bits per heavy atom. The van der Waals surface area contributed by atoms with Gasteiger partial charge in [-0.3, -0.25) is 14.2 Å². The van der Waals surface area contributed by atoms with Crippen molar-refractivity contribution in [2.45, 2.75) is 39.4 Å². The monoisotopic (exact) mass is 353 g/mol. The zero-order chi connectivity index (χ0) is 15.4. The lowest BCUT2D eigenvalue weighted by molar-refractivity contribution is -0.134. The molecular formula is C14H20BrN5O. The molecule has 1 amide bonds. The maximum absolute atomic E-state index is 12.6. The van der Waals surface area contributed by atoms with Gasteiger partial charge in [-0.1, -0.05) is 6.92 Å². The first-order valence-electron chi connectivity index (χ1n) is 7.02. The number of hydrogen-bond donors (Lipinski definition) is 0. The molecule has 0 aliphatic heterocycles. The molecule has 7 heteroatoms. The zero-order valence-corrected chi connectivity index (χ0v) is 14.1. The summed E-state index contributed by atoms with van der Waals surface area (Å²) in [5.41, 5.74) is 1.03. The number of amides is 1. The number of aromatic nitrogens is 4. The SMILES string of the molecule is CCC(C(=O)N(C)Cc1ccnn1CC)n1cc(Br)cn1. The molecule has 0 saturated carbocycles. The van der Waals surface area contributed by atoms with Gasteiger partial charge >= 0.3 is 0 Å². The van der Waals surface area contributed by atoms with Crippen LogP contribution in [0.2, 0.25) is 0 Å². The summed E-state index contributed by atoms with van der Waals surface area (Å²) < 4.78 is 4.48. The number of likely N-dealkylation sites (N-methyl/N-ethyl adjacent to an activating group) is 1. The predicted octanol–water partition coefficient (Wildman–Crippen LogP) is 2.47. The van der Waals surface area contributed by atoms with Gasteiger partial charge < -0.3 is 4.90 Å². The quantitative estimate of drug-likeness (QED) is 0.801. The van der Waals surface area contributed by atoms with Gasteiger partial charge in [-0.15, -0.1) is 0 Å². The van der Waals surface area contributed by atoms with Gasteiger partial charge in [0.1, 0.15) is 6.04 Å². The Labute approximate surface area is 132 Å². The van der Waals surface area contributed by atoms with Gasteiger partial charge in [0.05, 0.1) is 22.9 Å². The third kappa shape index (κ3) is 3.53. The lowest BCUT2D eigenvalue weighted by Gasteiger charge is -2.23. The van der Waals surface area contributed by atoms with E-state index in [1.807, 2.05) is 37.8 Å². The van der Waals surface area contributed by atoms with E-state index in [1.165, 1.54) is 0 Å². The molecule has 0 saturated heterocycles. The van der Waals surface area contributed by atoms with E-state index >= 15 is 0 Å². The smallest absolute Gasteiger partial charge is 0.247 e. The highest BCUT2D eigenvalue weighted by molar-refractivity contribution is 9.10. The van der Waals surface area contributed by atoms with Crippen molar-refractivity contribution in [3.63, 3.8) is 0 Å². The number of carbonyl (C=O) groups excluding carboxylic acids is 1. The second kappa shape index (κ2) is 6.89. The van der Waals surface area contributed by atoms with Crippen molar-refractivity contribution in [2.24, 2.45) is 0 Å². The lowest BCUT2D eigenvalue weighted by Crippen LogP contribution is -2.34. The molecule has 0 N–H and O–H groups in total. The van der Waals surface area contributed by atoms with Gasteiger partial charge in [0.25, 0.3) is 0 Å². The second-order valence-corrected chi connectivity index (χ2v) is 5.81. The molecule has 0 bridgehead atoms. The Bertz CT molecular complexity index is 606. The zero-order valence-electron chi connectivity index (χ0n) is 12.5. The number of rotatable bonds is 6. The average molecular weight is 354 g/mol. The molecule has 0 aliphatic rings. The molecule has 21 heavy (non-hydrogen) atoms. The molecule has 0 aliphatic carbocycles. The van der Waals surface area contributed by atoms with Crippen molar-refractivity contribution in [2.75, 3.05) is 7.05 Å². The molecule has 114 valence electrons. The highest BCUT2D eigenvalue weighted by Gasteiger charge is 2.23. The van der Waals surface area contributed by atoms with Crippen LogP contribution in [0.5, 0.6) is 0 Å². The van der Waals surface area contributed by atoms with Gasteiger partial charge in [-0.05, 0) is 35.3 Å². The van der Waals surface area contributed by atoms with Gasteiger partial charge in [0.15, 0.2) is 0 Å². The van der Waals surface area contributed by atoms with Crippen LogP contribution < -0.4 is 0 Å². The van der Waals surface area contributed by atoms with Crippen molar-refractivity contribution < 1.29 is 4.79 Å². The van der Waals surface area contributed by atoms with Gasteiger partial charge in [-0.2, -0.15) is 10.2 Å². The molecule has 0 radical (unpaired) electrons. The van der Waals surface area contributed by atoms with E-state index in [0.717, 1.165) is 16.7 Å². The summed E-state index contributed by atoms with van der Waals surface area (Å²) in [6.45, 7) is 5.37. The molecule has 2 aromatic rings. The number of hydrogen-bond acceptors (Lipinski definition) is 3. The van der Waals surface area contributed by atoms with Crippen molar-refractivity contribution >= 4 is 21.8 Å². The van der Waals surface area contributed by atoms with E-state index in [9.17, 15) is 4.79 Å². The summed E-state index contributed by atoms with van der Waals surface area (Å²) in [6, 6.07) is 1.66. The van der Waals surface area contributed by atoms with Crippen molar-refractivity contribution in [1.29, 1.82) is 0 Å². The summed E-state index contributed by atoms with van der Waals surface area (Å²) in [5.74, 6) is 0.0527. The summed E-state index contributed by atoms with van der Waals surface area (Å²) in [5, 5.41) is 8.45. The van der Waals surface area contributed by atoms with E-state index in [-0.39, 0.29) is 11.9 Å². The van der Waals surface area contributed by atoms with Crippen LogP contribution in [0, 0.1) is 0 Å². The Morgan fingerprint density at radius 1 is 1.43 bits per heavy atom. The Balaban J connectivity index is 2.10. The van der Waals surface area contributed by atoms with E-state index in [4.69, 9.17) is 0 Å². The average Bonchev–Trinajstić information content (AvgIpc) is 3.08. The molecule has 0 fully saturated rings. The van der Waals surface area contributed by atoms with Crippen LogP contribution in [-0.4, -0.2) is 37.4 Å². The predicted molar refractivity (Wildman–Crippen MR) is 83.6 cm³/mol. The van der Waals surface area contributed by atoms with Crippen LogP contribution in [0.25, 0.3) is 0 Å². The fourth-order valence-corrected chi connectivity index (χ4v) is 2.62. The molecule has 2 rings (SSSR count). The van der Waals surface area contributed by atoms with Crippen molar-refractivity contribution in [3.8, 4) is 0 Å². The first kappa shape index (κ1) is 15.8. The maximum atomic E-state index is 12.6. The Kier molecular flexibility index (Phi) is 5.17. The summed E-state index contributed by atoms with van der Waals surface area (Å²) in [4.78, 5) is 14.4. The summed E-state index contributed by atoms with van der Waals surface area (Å²) in [7, 11) is 1.82. The minimum Gasteiger partial charge on any atom is -0.338 e. The van der Waals surface area contributed by atoms with Gasteiger partial charge in [0.2, 0.25) is 5.91 Å². The van der Waals surface area contributed by atoms with Crippen molar-refractivity contribution in [3.05, 3.63) is 34.8 Å². The molecule has 1 atom stereocenters. The van der Waals surface area contributed by atoms with E-state index in [1.54, 1.807) is 22.0 Å². The van der Waals surface area contributed by atoms with Crippen molar-refractivity contribution in [1.82, 2.24) is 24.5 Å². The molecule has 2 heterocycles. The maximum Gasteiger partial charge on any atom is 0.247 e. The Hall–Kier alpha value is -1.63. The highest BCUT2D eigenvalue weighted by Crippen LogP contribution is 2.18. The molecule has 1 unspecified atom stereocenters. The fraction of sp³-hybridized carbons (Fsp3) is 0.500. The third-order valence-electron chi connectivity index (χ3n) is 3.44. The van der Waals surface area contributed by atoms with E-state index in [0.29, 0.717) is 13.0 Å². The standard InChI is InChI=1S/C14H20BrN5O/c1-4-13(20-9-11(15)8-17-20)14(21)18(3)10-12-6-7-16-19(12)5-2/h6-9,13H,4-5,10H2,1-3H3. The van der Waals surface area contributed by atoms with E-state index < -0.39 is 0 Å². The molecule has 0 spiro atoms. The number of carbonyl (C=O) groups is 1. The first-order valence-corrected chi connectivity index (χ1v) is 7.81. The van der Waals surface area contributed by atoms with Crippen LogP contribution in [0.15, 0.2) is 29.1 Å². The van der Waals surface area contributed by atoms with Gasteiger partial charge in [-0.25, -0.2) is 0 Å². The third-order valence-corrected chi connectivity index (χ3v) is 3.85. The molecular weight excluding hydrogens is 334 g/mol. The topological polar surface area (TPSA) is 56.0 Å². The normalized spacial score (nSPS) is 12.4. The lowest BCUT2D eigenvalue weighted by atomic mass is 10.2. The van der Waals surface area contributed by atoms with Crippen LogP contribution in [0.4, 0.5) is 0 Å². The number of halogens is 1. The second-order valence-electron chi connectivity index (χ2n) is 4.90. The number of nitrogens with zero attached hydrogens (tertiary/aromatic N) is 5. The van der Waals surface area contributed by atoms with Crippen LogP contribution in [0.3, 0.4) is 0 Å². The number of aryl methyl sites for hydroxylation is 1. The van der Waals surface area contributed by atoms with E-state index in [2.05, 4.69) is 26.1 Å². The minimum atomic E-state index is -0.278. The van der Waals surface area contributed by atoms with Crippen LogP contribution in [0.1, 0.15) is 32.0 Å². The van der Waals surface area contributed by atoms with Gasteiger partial charge in [0, 0.05) is 26.0 Å². The van der Waals surface area contributed by atoms with Crippen LogP contribution >= 0.6 is 15.9 Å². The molecule has 2 aromatic heterocycles. The molecule has 6 nitrogen and oxygen atoms in total. The highest BCUT2D eigenvalue weighted by atomic mass is 79.9. The van der Waals surface area contributed by atoms with Crippen LogP contribution in [-0.2, 0) is 17.9 Å². The first-order chi connectivity index (χ1) is 10.1. The fourth-order valence-electron chi connectivity index (χ4n) is 2.31. The summed E-state index contributed by atoms with van der Waals surface area (Å²) in [6.07, 6.45) is 5.99. The largest absolute Gasteiger partial charge is 0.338 e. The summed E-state index contributed by atoms with van der Waals surface area (Å²) >= 11 is 3.36. The minimum absolute atomic E-state index is 0.0527.